The van der Waals surface area contributed by atoms with Crippen LogP contribution in [0.5, 0.6) is 0 Å². The minimum atomic E-state index is -4.38. The first-order chi connectivity index (χ1) is 24.9. The fourth-order valence-corrected chi connectivity index (χ4v) is 11.0. The number of rotatable bonds is 11. The molecule has 284 valence electrons. The van der Waals surface area contributed by atoms with Crippen LogP contribution in [0.4, 0.5) is 0 Å². The van der Waals surface area contributed by atoms with Gasteiger partial charge in [0.25, 0.3) is 0 Å². The average Bonchev–Trinajstić information content (AvgIpc) is 3.69. The number of amides is 3. The predicted molar refractivity (Wildman–Crippen MR) is 178 cm³/mol. The van der Waals surface area contributed by atoms with Crippen LogP contribution in [0.1, 0.15) is 59.8 Å². The molecular weight excluding hydrogens is 743 g/mol. The number of nitrogens with two attached hydrogens (primary N) is 1. The number of carbonyl (C=O) groups is 7. The van der Waals surface area contributed by atoms with Gasteiger partial charge in [0.2, 0.25) is 30.2 Å². The van der Waals surface area contributed by atoms with Crippen LogP contribution in [0.15, 0.2) is 30.3 Å². The van der Waals surface area contributed by atoms with Gasteiger partial charge in [0, 0.05) is 4.75 Å². The van der Waals surface area contributed by atoms with Crippen molar-refractivity contribution < 1.29 is 60.9 Å². The Morgan fingerprint density at radius 1 is 0.981 bits per heavy atom. The van der Waals surface area contributed by atoms with Crippen LogP contribution in [0.2, 0.25) is 0 Å². The van der Waals surface area contributed by atoms with Gasteiger partial charge in [-0.3, -0.25) is 14.4 Å². The van der Waals surface area contributed by atoms with Gasteiger partial charge >= 0.3 is 23.9 Å². The van der Waals surface area contributed by atoms with Crippen molar-refractivity contribution >= 4 is 63.2 Å². The Kier molecular flexibility index (Phi) is 9.52. The summed E-state index contributed by atoms with van der Waals surface area (Å²) in [6, 6.07) is 3.61. The summed E-state index contributed by atoms with van der Waals surface area (Å²) < 4.78 is 45.1. The summed E-state index contributed by atoms with van der Waals surface area (Å²) in [5.41, 5.74) is 5.49. The number of thioether (sulfide) groups is 1. The fourth-order valence-electron chi connectivity index (χ4n) is 7.01. The second-order valence-electron chi connectivity index (χ2n) is 13.3. The Labute approximate surface area is 305 Å². The molecule has 2 aromatic rings. The van der Waals surface area contributed by atoms with E-state index in [2.05, 4.69) is 20.4 Å². The van der Waals surface area contributed by atoms with Crippen molar-refractivity contribution in [3.05, 3.63) is 47.3 Å². The van der Waals surface area contributed by atoms with Crippen LogP contribution >= 0.6 is 11.8 Å². The minimum Gasteiger partial charge on any atom is -0.464 e. The third-order valence-electron chi connectivity index (χ3n) is 9.80. The van der Waals surface area contributed by atoms with Crippen molar-refractivity contribution in [2.75, 3.05) is 21.0 Å². The van der Waals surface area contributed by atoms with Gasteiger partial charge in [-0.05, 0) is 26.3 Å². The summed E-state index contributed by atoms with van der Waals surface area (Å²) in [4.78, 5) is 92.8. The first-order valence-corrected chi connectivity index (χ1v) is 18.4. The summed E-state index contributed by atoms with van der Waals surface area (Å²) in [6.45, 7) is 2.75. The summed E-state index contributed by atoms with van der Waals surface area (Å²) in [7, 11) is -2.36. The third-order valence-corrected chi connectivity index (χ3v) is 14.1. The van der Waals surface area contributed by atoms with E-state index in [1.54, 1.807) is 44.2 Å². The molecule has 4 aliphatic heterocycles. The molecule has 0 spiro atoms. The number of ether oxygens (including phenoxy) is 4. The lowest BCUT2D eigenvalue weighted by Gasteiger charge is -2.44. The standard InChI is InChI=1S/C31H35N7O13S2/c1-30(2)21(38-24(41)19(25(38)52-30)33-23(40)17(32)14-9-7-6-8-10-14)28(44)50-13-51-29(45)22-31(3,53(46,47)16-11-15(39)37(16)22)12-36-20(27(43)49-5)18(34-35-36)26(42)48-4/h6-10,16-17,19,21-22,25H,11-13,32H2,1-5H3,(H,33,40)/t16-,17?,19+,21-,22-,25+,31-/m0/s1. The smallest absolute Gasteiger partial charge is 0.361 e. The second-order valence-corrected chi connectivity index (χ2v) is 17.7. The zero-order valence-corrected chi connectivity index (χ0v) is 30.5. The first-order valence-electron chi connectivity index (χ1n) is 16.0. The Bertz CT molecular complexity index is 2020. The molecule has 3 N–H and O–H groups in total. The molecule has 4 aliphatic rings. The number of nitrogens with one attached hydrogen (secondary N) is 1. The molecule has 3 amide bonds. The number of fused-ring (bicyclic) bond motifs is 2. The van der Waals surface area contributed by atoms with Crippen molar-refractivity contribution in [1.29, 1.82) is 0 Å². The number of β-lactam (4-membered cyclic amide) rings is 2. The third kappa shape index (κ3) is 5.87. The second kappa shape index (κ2) is 13.4. The van der Waals surface area contributed by atoms with E-state index in [1.165, 1.54) is 16.7 Å². The molecule has 0 saturated carbocycles. The van der Waals surface area contributed by atoms with Gasteiger partial charge in [-0.2, -0.15) is 0 Å². The monoisotopic (exact) mass is 777 g/mol. The quantitative estimate of drug-likeness (QED) is 0.111. The van der Waals surface area contributed by atoms with E-state index in [4.69, 9.17) is 19.9 Å². The highest BCUT2D eigenvalue weighted by Crippen LogP contribution is 2.51. The molecule has 5 heterocycles. The number of sulfone groups is 1. The molecule has 0 aliphatic carbocycles. The maximum absolute atomic E-state index is 13.8. The van der Waals surface area contributed by atoms with Gasteiger partial charge in [-0.25, -0.2) is 32.3 Å². The number of benzene rings is 1. The lowest BCUT2D eigenvalue weighted by molar-refractivity contribution is -0.181. The molecule has 4 fully saturated rings. The van der Waals surface area contributed by atoms with E-state index in [0.29, 0.717) is 5.56 Å². The Morgan fingerprint density at radius 3 is 2.21 bits per heavy atom. The highest BCUT2D eigenvalue weighted by Gasteiger charge is 2.71. The molecule has 0 bridgehead atoms. The van der Waals surface area contributed by atoms with Gasteiger partial charge in [0.05, 0.1) is 27.2 Å². The van der Waals surface area contributed by atoms with Crippen molar-refractivity contribution in [2.45, 2.75) is 78.1 Å². The Morgan fingerprint density at radius 2 is 1.60 bits per heavy atom. The topological polar surface area (TPSA) is 266 Å². The van der Waals surface area contributed by atoms with Crippen LogP contribution in [0, 0.1) is 0 Å². The molecule has 53 heavy (non-hydrogen) atoms. The van der Waals surface area contributed by atoms with E-state index in [-0.39, 0.29) is 0 Å². The van der Waals surface area contributed by atoms with Gasteiger partial charge in [0.1, 0.15) is 33.6 Å². The van der Waals surface area contributed by atoms with E-state index < -0.39 is 127 Å². The van der Waals surface area contributed by atoms with E-state index in [9.17, 15) is 42.0 Å². The molecule has 1 unspecified atom stereocenters. The molecular formula is C31H35N7O13S2. The molecule has 1 aromatic heterocycles. The van der Waals surface area contributed by atoms with Crippen molar-refractivity contribution in [3.63, 3.8) is 0 Å². The first kappa shape index (κ1) is 37.7. The highest BCUT2D eigenvalue weighted by molar-refractivity contribution is 8.01. The molecule has 20 nitrogen and oxygen atoms in total. The van der Waals surface area contributed by atoms with Gasteiger partial charge in [-0.1, -0.05) is 35.5 Å². The summed E-state index contributed by atoms with van der Waals surface area (Å²) in [5, 5.41) is 7.98. The summed E-state index contributed by atoms with van der Waals surface area (Å²) in [6.07, 6.45) is -0.426. The Hall–Kier alpha value is -5.09. The van der Waals surface area contributed by atoms with E-state index >= 15 is 0 Å². The van der Waals surface area contributed by atoms with Crippen LogP contribution in [-0.2, 0) is 59.3 Å². The maximum atomic E-state index is 13.8. The number of methoxy groups -OCH3 is 2. The van der Waals surface area contributed by atoms with Gasteiger partial charge < -0.3 is 39.8 Å². The van der Waals surface area contributed by atoms with Crippen LogP contribution < -0.4 is 11.1 Å². The van der Waals surface area contributed by atoms with Crippen LogP contribution in [0.3, 0.4) is 0 Å². The zero-order valence-electron chi connectivity index (χ0n) is 28.9. The summed E-state index contributed by atoms with van der Waals surface area (Å²) in [5.74, 6) is -6.20. The SMILES string of the molecule is COC(=O)c1nnn(C[C@@]2(C)[C@H](C(=O)OCOC(=O)[C@@H]3N4C(=O)[C@@H](NC(=O)C(N)c5ccccc5)[C@H]4SC3(C)C)N3C(=O)C[C@@H]3S2(=O)=O)c1C(=O)OC. The fraction of sp³-hybridized carbons (Fsp3) is 0.516. The van der Waals surface area contributed by atoms with E-state index in [1.807, 2.05) is 0 Å². The minimum absolute atomic E-state index is 0.426. The van der Waals surface area contributed by atoms with Crippen molar-refractivity contribution in [3.8, 4) is 0 Å². The van der Waals surface area contributed by atoms with Crippen molar-refractivity contribution in [2.24, 2.45) is 5.73 Å². The molecule has 6 rings (SSSR count). The number of nitrogens with zero attached hydrogens (tertiary/aromatic N) is 5. The average molecular weight is 778 g/mol. The molecule has 7 atom stereocenters. The number of esters is 4. The van der Waals surface area contributed by atoms with Gasteiger partial charge in [0.15, 0.2) is 21.6 Å². The number of carbonyl (C=O) groups excluding carboxylic acids is 7. The summed E-state index contributed by atoms with van der Waals surface area (Å²) >= 11 is 1.25. The molecule has 4 saturated heterocycles. The number of hydrogen-bond acceptors (Lipinski definition) is 17. The van der Waals surface area contributed by atoms with E-state index in [0.717, 1.165) is 30.7 Å². The largest absolute Gasteiger partial charge is 0.464 e. The Balaban J connectivity index is 1.15. The predicted octanol–water partition coefficient (Wildman–Crippen LogP) is -1.74. The zero-order chi connectivity index (χ0) is 38.8. The lowest BCUT2D eigenvalue weighted by Crippen LogP contribution is -2.71. The normalized spacial score (nSPS) is 28.1. The lowest BCUT2D eigenvalue weighted by atomic mass is 9.95. The molecule has 0 radical (unpaired) electrons. The number of hydrogen-bond donors (Lipinski definition) is 2. The number of aromatic nitrogens is 3. The van der Waals surface area contributed by atoms with Crippen LogP contribution in [0.25, 0.3) is 0 Å². The van der Waals surface area contributed by atoms with Gasteiger partial charge in [-0.15, -0.1) is 16.9 Å². The highest BCUT2D eigenvalue weighted by atomic mass is 32.2. The van der Waals surface area contributed by atoms with Crippen molar-refractivity contribution in [1.82, 2.24) is 30.1 Å². The molecule has 1 aromatic carbocycles. The van der Waals surface area contributed by atoms with Crippen LogP contribution in [-0.4, -0.2) is 134 Å². The maximum Gasteiger partial charge on any atom is 0.361 e. The molecule has 22 heteroatoms.